The summed E-state index contributed by atoms with van der Waals surface area (Å²) in [5.74, 6) is 2.11. The van der Waals surface area contributed by atoms with Crippen LogP contribution in [0.2, 0.25) is 0 Å². The molecule has 0 aromatic heterocycles. The lowest BCUT2D eigenvalue weighted by Gasteiger charge is -2.15. The zero-order valence-corrected chi connectivity index (χ0v) is 15.4. The lowest BCUT2D eigenvalue weighted by molar-refractivity contribution is 0.354. The maximum Gasteiger partial charge on any atom is 0.160 e. The fourth-order valence-electron chi connectivity index (χ4n) is 3.43. The van der Waals surface area contributed by atoms with E-state index in [1.54, 1.807) is 14.2 Å². The van der Waals surface area contributed by atoms with Crippen LogP contribution < -0.4 is 20.1 Å². The molecule has 0 unspecified atom stereocenters. The Kier molecular flexibility index (Phi) is 5.82. The van der Waals surface area contributed by atoms with Crippen molar-refractivity contribution in [1.29, 1.82) is 0 Å². The van der Waals surface area contributed by atoms with Gasteiger partial charge in [-0.3, -0.25) is 0 Å². The molecule has 2 N–H and O–H groups in total. The van der Waals surface area contributed by atoms with Crippen molar-refractivity contribution < 1.29 is 9.47 Å². The van der Waals surface area contributed by atoms with Crippen LogP contribution in [0.4, 0.5) is 5.69 Å². The third-order valence-electron chi connectivity index (χ3n) is 4.89. The molecular formula is C21H28N2O2. The van der Waals surface area contributed by atoms with Crippen molar-refractivity contribution in [2.24, 2.45) is 0 Å². The van der Waals surface area contributed by atoms with Gasteiger partial charge >= 0.3 is 0 Å². The van der Waals surface area contributed by atoms with Gasteiger partial charge in [-0.25, -0.2) is 0 Å². The van der Waals surface area contributed by atoms with E-state index in [4.69, 9.17) is 9.47 Å². The summed E-state index contributed by atoms with van der Waals surface area (Å²) in [7, 11) is 3.33. The summed E-state index contributed by atoms with van der Waals surface area (Å²) in [5, 5.41) is 7.06. The molecule has 1 atom stereocenters. The second kappa shape index (κ2) is 8.26. The van der Waals surface area contributed by atoms with Crippen molar-refractivity contribution in [3.8, 4) is 11.5 Å². The van der Waals surface area contributed by atoms with Gasteiger partial charge in [0.15, 0.2) is 11.5 Å². The van der Waals surface area contributed by atoms with Crippen LogP contribution >= 0.6 is 0 Å². The number of fused-ring (bicyclic) bond motifs is 1. The lowest BCUT2D eigenvalue weighted by atomic mass is 9.95. The molecule has 0 bridgehead atoms. The van der Waals surface area contributed by atoms with Gasteiger partial charge in [0, 0.05) is 18.8 Å². The summed E-state index contributed by atoms with van der Waals surface area (Å²) in [4.78, 5) is 0. The van der Waals surface area contributed by atoms with Crippen LogP contribution in [0.25, 0.3) is 0 Å². The van der Waals surface area contributed by atoms with Crippen molar-refractivity contribution >= 4 is 5.69 Å². The van der Waals surface area contributed by atoms with E-state index in [9.17, 15) is 0 Å². The molecular weight excluding hydrogens is 312 g/mol. The molecule has 25 heavy (non-hydrogen) atoms. The van der Waals surface area contributed by atoms with Gasteiger partial charge in [0.25, 0.3) is 0 Å². The third kappa shape index (κ3) is 4.26. The van der Waals surface area contributed by atoms with Crippen molar-refractivity contribution in [3.05, 3.63) is 53.1 Å². The number of rotatable bonds is 6. The quantitative estimate of drug-likeness (QED) is 0.843. The van der Waals surface area contributed by atoms with E-state index in [1.165, 1.54) is 22.4 Å². The molecule has 0 saturated carbocycles. The highest BCUT2D eigenvalue weighted by atomic mass is 16.5. The van der Waals surface area contributed by atoms with Gasteiger partial charge in [0.1, 0.15) is 0 Å². The van der Waals surface area contributed by atoms with Crippen molar-refractivity contribution in [1.82, 2.24) is 5.32 Å². The standard InChI is InChI=1S/C21H28N2O2/c1-15-14-22-10-9-17-5-6-18(13-19(15)17)23-11-8-16-4-7-20(24-2)21(12-16)25-3/h4-7,12-13,15,22-23H,8-11,14H2,1-3H3/t15-/m1/s1. The molecule has 0 amide bonds. The zero-order valence-electron chi connectivity index (χ0n) is 15.4. The van der Waals surface area contributed by atoms with Crippen LogP contribution in [0, 0.1) is 0 Å². The SMILES string of the molecule is COc1ccc(CCNc2ccc3c(c2)[C@H](C)CNCC3)cc1OC. The minimum absolute atomic E-state index is 0.560. The van der Waals surface area contributed by atoms with E-state index in [2.05, 4.69) is 41.8 Å². The fourth-order valence-corrected chi connectivity index (χ4v) is 3.43. The normalized spacial score (nSPS) is 16.7. The van der Waals surface area contributed by atoms with Gasteiger partial charge in [-0.15, -0.1) is 0 Å². The summed E-state index contributed by atoms with van der Waals surface area (Å²) in [6, 6.07) is 12.9. The maximum absolute atomic E-state index is 5.38. The molecule has 2 aromatic rings. The molecule has 134 valence electrons. The molecule has 3 rings (SSSR count). The first-order chi connectivity index (χ1) is 12.2. The Hall–Kier alpha value is -2.20. The summed E-state index contributed by atoms with van der Waals surface area (Å²) >= 11 is 0. The maximum atomic E-state index is 5.38. The molecule has 0 radical (unpaired) electrons. The Labute approximate surface area is 150 Å². The van der Waals surface area contributed by atoms with Gasteiger partial charge in [0.05, 0.1) is 14.2 Å². The first-order valence-corrected chi connectivity index (χ1v) is 8.99. The Morgan fingerprint density at radius 3 is 2.72 bits per heavy atom. The predicted molar refractivity (Wildman–Crippen MR) is 103 cm³/mol. The number of hydrogen-bond donors (Lipinski definition) is 2. The monoisotopic (exact) mass is 340 g/mol. The molecule has 0 spiro atoms. The van der Waals surface area contributed by atoms with Crippen molar-refractivity contribution in [2.75, 3.05) is 39.2 Å². The second-order valence-electron chi connectivity index (χ2n) is 6.63. The first kappa shape index (κ1) is 17.6. The van der Waals surface area contributed by atoms with E-state index in [0.29, 0.717) is 5.92 Å². The van der Waals surface area contributed by atoms with Crippen LogP contribution in [0.1, 0.15) is 29.5 Å². The number of ether oxygens (including phenoxy) is 2. The molecule has 2 aromatic carbocycles. The van der Waals surface area contributed by atoms with E-state index in [0.717, 1.165) is 44.0 Å². The fraction of sp³-hybridized carbons (Fsp3) is 0.429. The zero-order chi connectivity index (χ0) is 17.6. The Morgan fingerprint density at radius 1 is 1.08 bits per heavy atom. The van der Waals surface area contributed by atoms with E-state index in [-0.39, 0.29) is 0 Å². The molecule has 1 heterocycles. The van der Waals surface area contributed by atoms with Crippen LogP contribution in [-0.2, 0) is 12.8 Å². The minimum atomic E-state index is 0.560. The predicted octanol–water partition coefficient (Wildman–Crippen LogP) is 3.61. The van der Waals surface area contributed by atoms with E-state index < -0.39 is 0 Å². The number of benzene rings is 2. The van der Waals surface area contributed by atoms with Crippen molar-refractivity contribution in [3.63, 3.8) is 0 Å². The average Bonchev–Trinajstić information content (AvgIpc) is 2.83. The highest BCUT2D eigenvalue weighted by Crippen LogP contribution is 2.28. The summed E-state index contributed by atoms with van der Waals surface area (Å²) < 4.78 is 10.7. The highest BCUT2D eigenvalue weighted by Gasteiger charge is 2.14. The largest absolute Gasteiger partial charge is 0.493 e. The average molecular weight is 340 g/mol. The van der Waals surface area contributed by atoms with Crippen molar-refractivity contribution in [2.45, 2.75) is 25.7 Å². The summed E-state index contributed by atoms with van der Waals surface area (Å²) in [6.07, 6.45) is 2.06. The molecule has 4 heteroatoms. The molecule has 0 fully saturated rings. The molecule has 0 saturated heterocycles. The second-order valence-corrected chi connectivity index (χ2v) is 6.63. The Morgan fingerprint density at radius 2 is 1.92 bits per heavy atom. The van der Waals surface area contributed by atoms with Gasteiger partial charge in [-0.1, -0.05) is 19.1 Å². The van der Waals surface area contributed by atoms with Crippen LogP contribution in [0.15, 0.2) is 36.4 Å². The highest BCUT2D eigenvalue weighted by molar-refractivity contribution is 5.50. The molecule has 1 aliphatic rings. The van der Waals surface area contributed by atoms with Gasteiger partial charge in [-0.05, 0) is 66.3 Å². The Balaban J connectivity index is 1.62. The number of anilines is 1. The van der Waals surface area contributed by atoms with E-state index >= 15 is 0 Å². The number of methoxy groups -OCH3 is 2. The van der Waals surface area contributed by atoms with Crippen LogP contribution in [0.3, 0.4) is 0 Å². The Bertz CT molecular complexity index is 715. The van der Waals surface area contributed by atoms with Gasteiger partial charge in [-0.2, -0.15) is 0 Å². The number of hydrogen-bond acceptors (Lipinski definition) is 4. The topological polar surface area (TPSA) is 42.5 Å². The number of nitrogens with one attached hydrogen (secondary N) is 2. The molecule has 1 aliphatic heterocycles. The van der Waals surface area contributed by atoms with Crippen LogP contribution in [0.5, 0.6) is 11.5 Å². The summed E-state index contributed by atoms with van der Waals surface area (Å²) in [6.45, 7) is 5.32. The van der Waals surface area contributed by atoms with Gasteiger partial charge in [0.2, 0.25) is 0 Å². The van der Waals surface area contributed by atoms with Gasteiger partial charge < -0.3 is 20.1 Å². The third-order valence-corrected chi connectivity index (χ3v) is 4.89. The smallest absolute Gasteiger partial charge is 0.160 e. The van der Waals surface area contributed by atoms with E-state index in [1.807, 2.05) is 12.1 Å². The van der Waals surface area contributed by atoms with Crippen LogP contribution in [-0.4, -0.2) is 33.9 Å². The molecule has 0 aliphatic carbocycles. The lowest BCUT2D eigenvalue weighted by Crippen LogP contribution is -2.18. The first-order valence-electron chi connectivity index (χ1n) is 8.99. The summed E-state index contributed by atoms with van der Waals surface area (Å²) in [5.41, 5.74) is 5.38. The molecule has 4 nitrogen and oxygen atoms in total. The minimum Gasteiger partial charge on any atom is -0.493 e.